The van der Waals surface area contributed by atoms with E-state index in [1.54, 1.807) is 6.07 Å². The zero-order valence-corrected chi connectivity index (χ0v) is 15.2. The van der Waals surface area contributed by atoms with Crippen LogP contribution in [0.15, 0.2) is 54.7 Å². The molecule has 1 atom stereocenters. The van der Waals surface area contributed by atoms with Gasteiger partial charge in [0.1, 0.15) is 5.82 Å². The first-order chi connectivity index (χ1) is 13.2. The van der Waals surface area contributed by atoms with Crippen molar-refractivity contribution >= 4 is 22.9 Å². The molecule has 4 rings (SSSR count). The van der Waals surface area contributed by atoms with Gasteiger partial charge in [0.2, 0.25) is 0 Å². The molecule has 0 saturated carbocycles. The Kier molecular flexibility index (Phi) is 5.21. The van der Waals surface area contributed by atoms with Crippen molar-refractivity contribution in [2.24, 2.45) is 0 Å². The number of rotatable bonds is 3. The molecule has 2 aliphatic heterocycles. The third kappa shape index (κ3) is 3.88. The summed E-state index contributed by atoms with van der Waals surface area (Å²) in [6.45, 7) is 2.02. The monoisotopic (exact) mass is 365 g/mol. The van der Waals surface area contributed by atoms with Gasteiger partial charge in [-0.3, -0.25) is 4.79 Å². The summed E-state index contributed by atoms with van der Waals surface area (Å²) in [6.07, 6.45) is 6.27. The Balaban J connectivity index is 1.74. The topological polar surface area (TPSA) is 44.4 Å². The molecule has 0 spiro atoms. The van der Waals surface area contributed by atoms with Crippen molar-refractivity contribution in [3.8, 4) is 0 Å². The Morgan fingerprint density at radius 1 is 1.04 bits per heavy atom. The molecule has 2 aromatic carbocycles. The van der Waals surface area contributed by atoms with Gasteiger partial charge in [-0.1, -0.05) is 24.6 Å². The molecule has 2 heterocycles. The summed E-state index contributed by atoms with van der Waals surface area (Å²) < 4.78 is 13.8. The Morgan fingerprint density at radius 3 is 2.74 bits per heavy atom. The molecule has 0 aromatic heterocycles. The van der Waals surface area contributed by atoms with Gasteiger partial charge in [0.05, 0.1) is 5.57 Å². The highest BCUT2D eigenvalue weighted by Crippen LogP contribution is 2.34. The molecular formula is C22H24FN3O. The van der Waals surface area contributed by atoms with Crippen LogP contribution in [0, 0.1) is 5.82 Å². The van der Waals surface area contributed by atoms with E-state index >= 15 is 0 Å². The first kappa shape index (κ1) is 17.7. The lowest BCUT2D eigenvalue weighted by atomic mass is 10.0. The number of halogens is 1. The van der Waals surface area contributed by atoms with Crippen LogP contribution in [0.2, 0.25) is 0 Å². The van der Waals surface area contributed by atoms with Crippen LogP contribution in [0.5, 0.6) is 0 Å². The molecule has 1 amide bonds. The molecule has 5 heteroatoms. The molecule has 1 fully saturated rings. The number of hydrogen-bond acceptors (Lipinski definition) is 3. The maximum absolute atomic E-state index is 13.8. The maximum Gasteiger partial charge on any atom is 0.257 e. The maximum atomic E-state index is 13.8. The van der Waals surface area contributed by atoms with Crippen LogP contribution < -0.4 is 15.5 Å². The SMILES string of the molecule is O=C1Nc2ccc(F)cc2C1=CN(c1ccccc1)C1CCCCNCC1. The minimum atomic E-state index is -0.336. The van der Waals surface area contributed by atoms with Gasteiger partial charge >= 0.3 is 0 Å². The van der Waals surface area contributed by atoms with E-state index in [9.17, 15) is 9.18 Å². The van der Waals surface area contributed by atoms with Crippen molar-refractivity contribution in [3.63, 3.8) is 0 Å². The highest BCUT2D eigenvalue weighted by atomic mass is 19.1. The summed E-state index contributed by atoms with van der Waals surface area (Å²) in [7, 11) is 0. The summed E-state index contributed by atoms with van der Waals surface area (Å²) in [4.78, 5) is 14.8. The number of hydrogen-bond donors (Lipinski definition) is 2. The van der Waals surface area contributed by atoms with Crippen molar-refractivity contribution in [1.82, 2.24) is 5.32 Å². The van der Waals surface area contributed by atoms with Gasteiger partial charge in [-0.25, -0.2) is 4.39 Å². The second kappa shape index (κ2) is 7.92. The summed E-state index contributed by atoms with van der Waals surface area (Å²) in [6, 6.07) is 14.8. The van der Waals surface area contributed by atoms with Crippen molar-refractivity contribution in [2.45, 2.75) is 31.7 Å². The zero-order chi connectivity index (χ0) is 18.6. The van der Waals surface area contributed by atoms with E-state index in [2.05, 4.69) is 27.7 Å². The molecule has 2 aromatic rings. The molecule has 1 saturated heterocycles. The molecule has 1 unspecified atom stereocenters. The van der Waals surface area contributed by atoms with Gasteiger partial charge in [0.15, 0.2) is 0 Å². The van der Waals surface area contributed by atoms with E-state index < -0.39 is 0 Å². The minimum absolute atomic E-state index is 0.180. The fourth-order valence-electron chi connectivity index (χ4n) is 3.86. The van der Waals surface area contributed by atoms with Gasteiger partial charge in [-0.15, -0.1) is 0 Å². The predicted octanol–water partition coefficient (Wildman–Crippen LogP) is 4.16. The lowest BCUT2D eigenvalue weighted by molar-refractivity contribution is -0.110. The van der Waals surface area contributed by atoms with Crippen LogP contribution in [0.4, 0.5) is 15.8 Å². The van der Waals surface area contributed by atoms with Crippen molar-refractivity contribution in [3.05, 3.63) is 66.1 Å². The van der Waals surface area contributed by atoms with Crippen molar-refractivity contribution in [1.29, 1.82) is 0 Å². The normalized spacial score (nSPS) is 21.3. The summed E-state index contributed by atoms with van der Waals surface area (Å²) in [5.74, 6) is -0.516. The Morgan fingerprint density at radius 2 is 1.89 bits per heavy atom. The summed E-state index contributed by atoms with van der Waals surface area (Å²) in [5.41, 5.74) is 2.86. The lowest BCUT2D eigenvalue weighted by Crippen LogP contribution is -2.36. The third-order valence-corrected chi connectivity index (χ3v) is 5.28. The van der Waals surface area contributed by atoms with Gasteiger partial charge in [-0.2, -0.15) is 0 Å². The van der Waals surface area contributed by atoms with Crippen molar-refractivity contribution in [2.75, 3.05) is 23.3 Å². The van der Waals surface area contributed by atoms with Crippen LogP contribution >= 0.6 is 0 Å². The Bertz CT molecular complexity index is 842. The van der Waals surface area contributed by atoms with Crippen LogP contribution in [0.3, 0.4) is 0 Å². The largest absolute Gasteiger partial charge is 0.344 e. The van der Waals surface area contributed by atoms with Gasteiger partial charge in [0, 0.05) is 29.2 Å². The van der Waals surface area contributed by atoms with Crippen LogP contribution in [0.1, 0.15) is 31.2 Å². The molecule has 0 aliphatic carbocycles. The van der Waals surface area contributed by atoms with E-state index in [1.807, 2.05) is 24.4 Å². The number of para-hydroxylation sites is 1. The number of amides is 1. The molecule has 2 aliphatic rings. The van der Waals surface area contributed by atoms with E-state index in [0.29, 0.717) is 16.8 Å². The minimum Gasteiger partial charge on any atom is -0.344 e. The van der Waals surface area contributed by atoms with E-state index in [-0.39, 0.29) is 17.8 Å². The average Bonchev–Trinajstić information content (AvgIpc) is 2.95. The van der Waals surface area contributed by atoms with E-state index in [1.165, 1.54) is 12.1 Å². The number of carbonyl (C=O) groups excluding carboxylic acids is 1. The number of benzene rings is 2. The molecule has 0 bridgehead atoms. The fraction of sp³-hybridized carbons (Fsp3) is 0.318. The quantitative estimate of drug-likeness (QED) is 0.803. The van der Waals surface area contributed by atoms with Gasteiger partial charge < -0.3 is 15.5 Å². The number of carbonyl (C=O) groups is 1. The first-order valence-electron chi connectivity index (χ1n) is 9.59. The predicted molar refractivity (Wildman–Crippen MR) is 107 cm³/mol. The second-order valence-electron chi connectivity index (χ2n) is 7.12. The number of anilines is 2. The number of fused-ring (bicyclic) bond motifs is 1. The summed E-state index contributed by atoms with van der Waals surface area (Å²) >= 11 is 0. The third-order valence-electron chi connectivity index (χ3n) is 5.28. The highest BCUT2D eigenvalue weighted by molar-refractivity contribution is 6.31. The smallest absolute Gasteiger partial charge is 0.257 e. The average molecular weight is 365 g/mol. The Labute approximate surface area is 159 Å². The zero-order valence-electron chi connectivity index (χ0n) is 15.2. The van der Waals surface area contributed by atoms with E-state index in [4.69, 9.17) is 0 Å². The second-order valence-corrected chi connectivity index (χ2v) is 7.12. The molecule has 4 nitrogen and oxygen atoms in total. The van der Waals surface area contributed by atoms with Crippen LogP contribution in [-0.4, -0.2) is 25.0 Å². The molecule has 2 N–H and O–H groups in total. The molecule has 140 valence electrons. The molecule has 27 heavy (non-hydrogen) atoms. The summed E-state index contributed by atoms with van der Waals surface area (Å²) in [5, 5.41) is 6.32. The van der Waals surface area contributed by atoms with Gasteiger partial charge in [-0.05, 0) is 62.7 Å². The molecular weight excluding hydrogens is 341 g/mol. The first-order valence-corrected chi connectivity index (χ1v) is 9.59. The van der Waals surface area contributed by atoms with Gasteiger partial charge in [0.25, 0.3) is 5.91 Å². The van der Waals surface area contributed by atoms with Crippen LogP contribution in [0.25, 0.3) is 5.57 Å². The lowest BCUT2D eigenvalue weighted by Gasteiger charge is -2.33. The van der Waals surface area contributed by atoms with Crippen LogP contribution in [-0.2, 0) is 4.79 Å². The molecule has 0 radical (unpaired) electrons. The fourth-order valence-corrected chi connectivity index (χ4v) is 3.86. The van der Waals surface area contributed by atoms with E-state index in [0.717, 1.165) is 44.5 Å². The van der Waals surface area contributed by atoms with Crippen molar-refractivity contribution < 1.29 is 9.18 Å². The Hall–Kier alpha value is -2.66. The number of nitrogens with one attached hydrogen (secondary N) is 2. The standard InChI is InChI=1S/C22H24FN3O/c23-16-9-10-21-19(14-16)20(22(27)25-21)15-26(17-6-2-1-3-7-17)18-8-4-5-12-24-13-11-18/h1-3,6-7,9-10,14-15,18,24H,4-5,8,11-13H2,(H,25,27). The number of nitrogens with zero attached hydrogens (tertiary/aromatic N) is 1. The highest BCUT2D eigenvalue weighted by Gasteiger charge is 2.27.